The number of nitrogens with one attached hydrogen (secondary N) is 1. The van der Waals surface area contributed by atoms with E-state index in [9.17, 15) is 4.79 Å². The molecule has 0 spiro atoms. The standard InChI is InChI=1S/C17H34N2O/c1-3-5-7-13-19(14-8-6-4-2)17(20)10-9-16-11-12-18-15-16/h16,18H,3-15H2,1-2H3. The first-order valence-corrected chi connectivity index (χ1v) is 8.76. The molecule has 3 nitrogen and oxygen atoms in total. The lowest BCUT2D eigenvalue weighted by Gasteiger charge is -2.23. The van der Waals surface area contributed by atoms with E-state index in [2.05, 4.69) is 24.1 Å². The first-order valence-electron chi connectivity index (χ1n) is 8.76. The summed E-state index contributed by atoms with van der Waals surface area (Å²) in [6.07, 6.45) is 10.3. The monoisotopic (exact) mass is 282 g/mol. The van der Waals surface area contributed by atoms with Gasteiger partial charge in [-0.05, 0) is 44.7 Å². The molecule has 1 heterocycles. The Morgan fingerprint density at radius 1 is 1.10 bits per heavy atom. The molecule has 1 rings (SSSR count). The summed E-state index contributed by atoms with van der Waals surface area (Å²) in [6, 6.07) is 0. The zero-order valence-corrected chi connectivity index (χ0v) is 13.6. The van der Waals surface area contributed by atoms with Crippen molar-refractivity contribution in [3.05, 3.63) is 0 Å². The second-order valence-electron chi connectivity index (χ2n) is 6.19. The second-order valence-corrected chi connectivity index (χ2v) is 6.19. The van der Waals surface area contributed by atoms with Gasteiger partial charge in [0.1, 0.15) is 0 Å². The number of hydrogen-bond acceptors (Lipinski definition) is 2. The van der Waals surface area contributed by atoms with Gasteiger partial charge in [-0.25, -0.2) is 0 Å². The molecule has 0 aromatic carbocycles. The molecule has 1 unspecified atom stereocenters. The zero-order valence-electron chi connectivity index (χ0n) is 13.6. The van der Waals surface area contributed by atoms with Crippen LogP contribution in [-0.4, -0.2) is 37.0 Å². The number of amides is 1. The van der Waals surface area contributed by atoms with E-state index in [1.165, 1.54) is 44.9 Å². The quantitative estimate of drug-likeness (QED) is 0.587. The molecule has 0 aromatic rings. The van der Waals surface area contributed by atoms with E-state index in [0.717, 1.165) is 44.9 Å². The van der Waals surface area contributed by atoms with Gasteiger partial charge in [0.2, 0.25) is 5.91 Å². The fraction of sp³-hybridized carbons (Fsp3) is 0.941. The maximum atomic E-state index is 12.4. The highest BCUT2D eigenvalue weighted by Gasteiger charge is 2.18. The van der Waals surface area contributed by atoms with Crippen LogP contribution in [-0.2, 0) is 4.79 Å². The molecule has 1 aliphatic rings. The van der Waals surface area contributed by atoms with E-state index < -0.39 is 0 Å². The maximum absolute atomic E-state index is 12.4. The number of carbonyl (C=O) groups excluding carboxylic acids is 1. The summed E-state index contributed by atoms with van der Waals surface area (Å²) in [7, 11) is 0. The van der Waals surface area contributed by atoms with Gasteiger partial charge in [0.25, 0.3) is 0 Å². The lowest BCUT2D eigenvalue weighted by Crippen LogP contribution is -2.33. The summed E-state index contributed by atoms with van der Waals surface area (Å²) in [6.45, 7) is 8.62. The van der Waals surface area contributed by atoms with E-state index in [1.807, 2.05) is 0 Å². The summed E-state index contributed by atoms with van der Waals surface area (Å²) in [4.78, 5) is 14.5. The Balaban J connectivity index is 2.27. The fourth-order valence-corrected chi connectivity index (χ4v) is 2.91. The van der Waals surface area contributed by atoms with Crippen LogP contribution in [0.3, 0.4) is 0 Å². The SMILES string of the molecule is CCCCCN(CCCCC)C(=O)CCC1CCNC1. The predicted molar refractivity (Wildman–Crippen MR) is 85.8 cm³/mol. The Morgan fingerprint density at radius 3 is 2.25 bits per heavy atom. The Bertz CT molecular complexity index is 239. The van der Waals surface area contributed by atoms with Crippen molar-refractivity contribution >= 4 is 5.91 Å². The van der Waals surface area contributed by atoms with Crippen LogP contribution in [0.1, 0.15) is 71.6 Å². The minimum Gasteiger partial charge on any atom is -0.343 e. The van der Waals surface area contributed by atoms with Crippen LogP contribution in [0.15, 0.2) is 0 Å². The van der Waals surface area contributed by atoms with Crippen LogP contribution >= 0.6 is 0 Å². The van der Waals surface area contributed by atoms with Gasteiger partial charge in [-0.1, -0.05) is 39.5 Å². The fourth-order valence-electron chi connectivity index (χ4n) is 2.91. The maximum Gasteiger partial charge on any atom is 0.222 e. The van der Waals surface area contributed by atoms with E-state index in [1.54, 1.807) is 0 Å². The van der Waals surface area contributed by atoms with Crippen molar-refractivity contribution in [2.24, 2.45) is 5.92 Å². The van der Waals surface area contributed by atoms with Crippen LogP contribution in [0.25, 0.3) is 0 Å². The van der Waals surface area contributed by atoms with Crippen molar-refractivity contribution in [1.82, 2.24) is 10.2 Å². The van der Waals surface area contributed by atoms with Crippen molar-refractivity contribution < 1.29 is 4.79 Å². The average molecular weight is 282 g/mol. The van der Waals surface area contributed by atoms with Crippen molar-refractivity contribution in [1.29, 1.82) is 0 Å². The van der Waals surface area contributed by atoms with Crippen LogP contribution < -0.4 is 5.32 Å². The Morgan fingerprint density at radius 2 is 1.75 bits per heavy atom. The summed E-state index contributed by atoms with van der Waals surface area (Å²) in [5.41, 5.74) is 0. The lowest BCUT2D eigenvalue weighted by molar-refractivity contribution is -0.131. The van der Waals surface area contributed by atoms with Gasteiger partial charge >= 0.3 is 0 Å². The summed E-state index contributed by atoms with van der Waals surface area (Å²) >= 11 is 0. The summed E-state index contributed by atoms with van der Waals surface area (Å²) in [5.74, 6) is 1.12. The topological polar surface area (TPSA) is 32.3 Å². The molecule has 0 saturated carbocycles. The first-order chi connectivity index (χ1) is 9.77. The third kappa shape index (κ3) is 7.28. The van der Waals surface area contributed by atoms with Crippen LogP contribution in [0, 0.1) is 5.92 Å². The summed E-state index contributed by atoms with van der Waals surface area (Å²) < 4.78 is 0. The van der Waals surface area contributed by atoms with Gasteiger partial charge in [0.05, 0.1) is 0 Å². The number of carbonyl (C=O) groups is 1. The van der Waals surface area contributed by atoms with Crippen LogP contribution in [0.2, 0.25) is 0 Å². The highest BCUT2D eigenvalue weighted by atomic mass is 16.2. The van der Waals surface area contributed by atoms with Gasteiger partial charge in [-0.2, -0.15) is 0 Å². The molecule has 3 heteroatoms. The summed E-state index contributed by atoms with van der Waals surface area (Å²) in [5, 5.41) is 3.38. The van der Waals surface area contributed by atoms with Crippen molar-refractivity contribution in [2.45, 2.75) is 71.6 Å². The van der Waals surface area contributed by atoms with Gasteiger partial charge in [-0.3, -0.25) is 4.79 Å². The molecule has 0 aliphatic carbocycles. The third-order valence-electron chi connectivity index (χ3n) is 4.34. The Labute approximate surface area is 125 Å². The molecule has 20 heavy (non-hydrogen) atoms. The smallest absolute Gasteiger partial charge is 0.222 e. The van der Waals surface area contributed by atoms with Crippen molar-refractivity contribution in [3.63, 3.8) is 0 Å². The molecule has 1 atom stereocenters. The lowest BCUT2D eigenvalue weighted by atomic mass is 10.0. The van der Waals surface area contributed by atoms with Crippen LogP contribution in [0.5, 0.6) is 0 Å². The molecule has 1 amide bonds. The zero-order chi connectivity index (χ0) is 14.6. The minimum atomic E-state index is 0.393. The average Bonchev–Trinajstić information content (AvgIpc) is 2.97. The normalized spacial score (nSPS) is 18.4. The third-order valence-corrected chi connectivity index (χ3v) is 4.34. The molecule has 1 aliphatic heterocycles. The predicted octanol–water partition coefficient (Wildman–Crippen LogP) is 3.59. The highest BCUT2D eigenvalue weighted by Crippen LogP contribution is 2.16. The molecule has 1 N–H and O–H groups in total. The van der Waals surface area contributed by atoms with E-state index >= 15 is 0 Å². The molecule has 0 bridgehead atoms. The molecular weight excluding hydrogens is 248 g/mol. The molecule has 118 valence electrons. The number of hydrogen-bond donors (Lipinski definition) is 1. The van der Waals surface area contributed by atoms with Gasteiger partial charge < -0.3 is 10.2 Å². The number of nitrogens with zero attached hydrogens (tertiary/aromatic N) is 1. The molecule has 1 fully saturated rings. The molecule has 0 radical (unpaired) electrons. The van der Waals surface area contributed by atoms with Gasteiger partial charge in [0.15, 0.2) is 0 Å². The van der Waals surface area contributed by atoms with Gasteiger partial charge in [0, 0.05) is 19.5 Å². The molecule has 0 aromatic heterocycles. The second kappa shape index (κ2) is 11.1. The largest absolute Gasteiger partial charge is 0.343 e. The Kier molecular flexibility index (Phi) is 9.73. The van der Waals surface area contributed by atoms with Crippen molar-refractivity contribution in [2.75, 3.05) is 26.2 Å². The first kappa shape index (κ1) is 17.5. The van der Waals surface area contributed by atoms with Crippen LogP contribution in [0.4, 0.5) is 0 Å². The van der Waals surface area contributed by atoms with E-state index in [4.69, 9.17) is 0 Å². The number of unbranched alkanes of at least 4 members (excludes halogenated alkanes) is 4. The van der Waals surface area contributed by atoms with Gasteiger partial charge in [-0.15, -0.1) is 0 Å². The van der Waals surface area contributed by atoms with E-state index in [0.29, 0.717) is 5.91 Å². The number of rotatable bonds is 11. The highest BCUT2D eigenvalue weighted by molar-refractivity contribution is 5.76. The van der Waals surface area contributed by atoms with E-state index in [-0.39, 0.29) is 0 Å². The molecular formula is C17H34N2O. The molecule has 1 saturated heterocycles. The van der Waals surface area contributed by atoms with Crippen molar-refractivity contribution in [3.8, 4) is 0 Å². The Hall–Kier alpha value is -0.570. The minimum absolute atomic E-state index is 0.393.